The molecular formula is C17H21BrN2O2. The predicted molar refractivity (Wildman–Crippen MR) is 88.5 cm³/mol. The molecule has 1 aliphatic carbocycles. The topological polar surface area (TPSA) is 62.1 Å². The minimum Gasteiger partial charge on any atom is -0.480 e. The summed E-state index contributed by atoms with van der Waals surface area (Å²) in [7, 11) is 0. The number of nitrogens with zero attached hydrogens (tertiary/aromatic N) is 1. The van der Waals surface area contributed by atoms with Crippen LogP contribution in [0.2, 0.25) is 0 Å². The van der Waals surface area contributed by atoms with Crippen LogP contribution >= 0.6 is 15.9 Å². The molecule has 1 N–H and O–H groups in total. The van der Waals surface area contributed by atoms with Crippen molar-refractivity contribution in [1.29, 1.82) is 5.26 Å². The lowest BCUT2D eigenvalue weighted by Crippen LogP contribution is -2.52. The number of carbonyl (C=O) groups excluding carboxylic acids is 1. The van der Waals surface area contributed by atoms with Gasteiger partial charge in [0.25, 0.3) is 5.91 Å². The van der Waals surface area contributed by atoms with Crippen LogP contribution in [-0.4, -0.2) is 17.6 Å². The van der Waals surface area contributed by atoms with Crippen molar-refractivity contribution in [3.05, 3.63) is 28.2 Å². The van der Waals surface area contributed by atoms with Crippen molar-refractivity contribution in [3.63, 3.8) is 0 Å². The maximum atomic E-state index is 12.4. The number of hydrogen-bond acceptors (Lipinski definition) is 3. The summed E-state index contributed by atoms with van der Waals surface area (Å²) in [4.78, 5) is 12.4. The summed E-state index contributed by atoms with van der Waals surface area (Å²) in [6.07, 6.45) is 3.87. The quantitative estimate of drug-likeness (QED) is 0.881. The molecule has 0 heterocycles. The van der Waals surface area contributed by atoms with Gasteiger partial charge in [-0.05, 0) is 60.3 Å². The molecule has 1 unspecified atom stereocenters. The Labute approximate surface area is 140 Å². The summed E-state index contributed by atoms with van der Waals surface area (Å²) in [6, 6.07) is 8.00. The van der Waals surface area contributed by atoms with Crippen molar-refractivity contribution in [2.45, 2.75) is 57.6 Å². The molecule has 1 aliphatic rings. The van der Waals surface area contributed by atoms with Crippen LogP contribution in [0.3, 0.4) is 0 Å². The third-order valence-electron chi connectivity index (χ3n) is 4.04. The van der Waals surface area contributed by atoms with E-state index in [-0.39, 0.29) is 5.91 Å². The summed E-state index contributed by atoms with van der Waals surface area (Å²) in [5.74, 6) is 0.388. The first kappa shape index (κ1) is 16.8. The van der Waals surface area contributed by atoms with E-state index in [1.807, 2.05) is 25.1 Å². The highest BCUT2D eigenvalue weighted by Gasteiger charge is 2.35. The lowest BCUT2D eigenvalue weighted by molar-refractivity contribution is -0.129. The largest absolute Gasteiger partial charge is 0.480 e. The molecule has 1 atom stereocenters. The number of rotatable bonds is 4. The van der Waals surface area contributed by atoms with Crippen LogP contribution in [0.4, 0.5) is 0 Å². The molecule has 0 aliphatic heterocycles. The summed E-state index contributed by atoms with van der Waals surface area (Å²) >= 11 is 3.44. The third kappa shape index (κ3) is 4.01. The van der Waals surface area contributed by atoms with Crippen LogP contribution < -0.4 is 10.1 Å². The monoisotopic (exact) mass is 364 g/mol. The van der Waals surface area contributed by atoms with Crippen LogP contribution in [0.15, 0.2) is 22.7 Å². The first-order chi connectivity index (χ1) is 10.5. The standard InChI is InChI=1S/C17H21BrN2O2/c1-12-6-7-15(14(18)10-12)22-13(2)16(21)20-17(11-19)8-4-3-5-9-17/h6-7,10,13H,3-5,8-9H2,1-2H3,(H,20,21). The summed E-state index contributed by atoms with van der Waals surface area (Å²) in [5, 5.41) is 12.3. The lowest BCUT2D eigenvalue weighted by Gasteiger charge is -2.32. The number of aryl methyl sites for hydroxylation is 1. The van der Waals surface area contributed by atoms with E-state index in [1.54, 1.807) is 6.92 Å². The number of hydrogen-bond donors (Lipinski definition) is 1. The van der Waals surface area contributed by atoms with Gasteiger partial charge in [0, 0.05) is 0 Å². The Morgan fingerprint density at radius 1 is 1.41 bits per heavy atom. The van der Waals surface area contributed by atoms with Gasteiger partial charge in [-0.1, -0.05) is 25.3 Å². The zero-order valence-electron chi connectivity index (χ0n) is 13.0. The Morgan fingerprint density at radius 3 is 2.68 bits per heavy atom. The van der Waals surface area contributed by atoms with E-state index in [0.29, 0.717) is 5.75 Å². The second-order valence-corrected chi connectivity index (χ2v) is 6.79. The molecule has 22 heavy (non-hydrogen) atoms. The molecule has 1 amide bonds. The first-order valence-electron chi connectivity index (χ1n) is 7.62. The molecule has 4 nitrogen and oxygen atoms in total. The summed E-state index contributed by atoms with van der Waals surface area (Å²) in [5.41, 5.74) is 0.388. The van der Waals surface area contributed by atoms with Crippen molar-refractivity contribution in [3.8, 4) is 11.8 Å². The average molecular weight is 365 g/mol. The van der Waals surface area contributed by atoms with Gasteiger partial charge in [-0.25, -0.2) is 0 Å². The maximum absolute atomic E-state index is 12.4. The Hall–Kier alpha value is -1.54. The second-order valence-electron chi connectivity index (χ2n) is 5.94. The van der Waals surface area contributed by atoms with E-state index < -0.39 is 11.6 Å². The number of amides is 1. The number of carbonyl (C=O) groups is 1. The minimum atomic E-state index is -0.725. The summed E-state index contributed by atoms with van der Waals surface area (Å²) < 4.78 is 6.54. The number of benzene rings is 1. The summed E-state index contributed by atoms with van der Waals surface area (Å²) in [6.45, 7) is 3.69. The predicted octanol–water partition coefficient (Wildman–Crippen LogP) is 3.87. The molecule has 1 aromatic rings. The SMILES string of the molecule is Cc1ccc(OC(C)C(=O)NC2(C#N)CCCCC2)c(Br)c1. The molecule has 0 saturated heterocycles. The van der Waals surface area contributed by atoms with Crippen LogP contribution in [0.5, 0.6) is 5.75 Å². The van der Waals surface area contributed by atoms with Gasteiger partial charge in [0.05, 0.1) is 10.5 Å². The Morgan fingerprint density at radius 2 is 2.09 bits per heavy atom. The van der Waals surface area contributed by atoms with Gasteiger partial charge in [0.15, 0.2) is 6.10 Å². The van der Waals surface area contributed by atoms with Crippen molar-refractivity contribution in [2.24, 2.45) is 0 Å². The lowest BCUT2D eigenvalue weighted by atomic mass is 9.83. The number of ether oxygens (including phenoxy) is 1. The van der Waals surface area contributed by atoms with Gasteiger partial charge in [-0.2, -0.15) is 5.26 Å². The molecule has 0 radical (unpaired) electrons. The van der Waals surface area contributed by atoms with Crippen molar-refractivity contribution in [1.82, 2.24) is 5.32 Å². The Bertz CT molecular complexity index is 589. The maximum Gasteiger partial charge on any atom is 0.262 e. The van der Waals surface area contributed by atoms with E-state index in [9.17, 15) is 10.1 Å². The van der Waals surface area contributed by atoms with E-state index >= 15 is 0 Å². The minimum absolute atomic E-state index is 0.240. The van der Waals surface area contributed by atoms with Crippen LogP contribution in [-0.2, 0) is 4.79 Å². The molecule has 0 bridgehead atoms. The normalized spacial score (nSPS) is 18.1. The molecule has 0 aromatic heterocycles. The van der Waals surface area contributed by atoms with Gasteiger partial charge in [-0.15, -0.1) is 0 Å². The fourth-order valence-electron chi connectivity index (χ4n) is 2.70. The third-order valence-corrected chi connectivity index (χ3v) is 4.66. The smallest absolute Gasteiger partial charge is 0.262 e. The van der Waals surface area contributed by atoms with Gasteiger partial charge < -0.3 is 10.1 Å². The van der Waals surface area contributed by atoms with Gasteiger partial charge >= 0.3 is 0 Å². The molecule has 0 spiro atoms. The van der Waals surface area contributed by atoms with Crippen LogP contribution in [0.25, 0.3) is 0 Å². The van der Waals surface area contributed by atoms with Gasteiger partial charge in [0.2, 0.25) is 0 Å². The van der Waals surface area contributed by atoms with E-state index in [4.69, 9.17) is 4.74 Å². The van der Waals surface area contributed by atoms with Gasteiger partial charge in [0.1, 0.15) is 11.3 Å². The zero-order chi connectivity index (χ0) is 16.2. The van der Waals surface area contributed by atoms with Crippen molar-refractivity contribution >= 4 is 21.8 Å². The molecule has 1 saturated carbocycles. The average Bonchev–Trinajstić information content (AvgIpc) is 2.51. The highest BCUT2D eigenvalue weighted by molar-refractivity contribution is 9.10. The molecule has 1 aromatic carbocycles. The number of halogens is 1. The molecule has 118 valence electrons. The molecule has 1 fully saturated rings. The number of nitrogens with one attached hydrogen (secondary N) is 1. The Balaban J connectivity index is 2.01. The Kier molecular flexibility index (Phi) is 5.47. The fourth-order valence-corrected chi connectivity index (χ4v) is 3.29. The van der Waals surface area contributed by atoms with Crippen molar-refractivity contribution < 1.29 is 9.53 Å². The van der Waals surface area contributed by atoms with E-state index in [0.717, 1.165) is 42.1 Å². The van der Waals surface area contributed by atoms with Crippen molar-refractivity contribution in [2.75, 3.05) is 0 Å². The second kappa shape index (κ2) is 7.15. The first-order valence-corrected chi connectivity index (χ1v) is 8.41. The van der Waals surface area contributed by atoms with Crippen LogP contribution in [0, 0.1) is 18.3 Å². The highest BCUT2D eigenvalue weighted by Crippen LogP contribution is 2.29. The highest BCUT2D eigenvalue weighted by atomic mass is 79.9. The zero-order valence-corrected chi connectivity index (χ0v) is 14.6. The molecule has 5 heteroatoms. The molecule has 2 rings (SSSR count). The number of nitriles is 1. The fraction of sp³-hybridized carbons (Fsp3) is 0.529. The van der Waals surface area contributed by atoms with Crippen LogP contribution in [0.1, 0.15) is 44.6 Å². The van der Waals surface area contributed by atoms with Gasteiger partial charge in [-0.3, -0.25) is 4.79 Å². The molecular weight excluding hydrogens is 344 g/mol. The van der Waals surface area contributed by atoms with E-state index in [1.165, 1.54) is 0 Å². The van der Waals surface area contributed by atoms with E-state index in [2.05, 4.69) is 27.3 Å².